The Balaban J connectivity index is 1.29. The normalized spacial score (nSPS) is 14.7. The van der Waals surface area contributed by atoms with Crippen molar-refractivity contribution in [2.45, 2.75) is 39.8 Å². The van der Waals surface area contributed by atoms with E-state index < -0.39 is 0 Å². The van der Waals surface area contributed by atoms with Gasteiger partial charge in [0.2, 0.25) is 0 Å². The molecule has 1 fully saturated rings. The number of anilines is 1. The highest BCUT2D eigenvalue weighted by Crippen LogP contribution is 2.33. The number of rotatable bonds is 10. The molecule has 1 aliphatic rings. The number of hydrogen-bond acceptors (Lipinski definition) is 3. The zero-order chi connectivity index (χ0) is 31.1. The van der Waals surface area contributed by atoms with Crippen LogP contribution in [-0.2, 0) is 13.1 Å². The Bertz CT molecular complexity index is 1660. The monoisotopic (exact) mass is 589 g/mol. The minimum atomic E-state index is -0.273. The zero-order valence-corrected chi connectivity index (χ0v) is 25.9. The van der Waals surface area contributed by atoms with Crippen molar-refractivity contribution in [3.05, 3.63) is 154 Å². The van der Waals surface area contributed by atoms with E-state index in [9.17, 15) is 8.78 Å². The van der Waals surface area contributed by atoms with Crippen molar-refractivity contribution in [1.82, 2.24) is 4.90 Å². The van der Waals surface area contributed by atoms with E-state index in [-0.39, 0.29) is 11.6 Å². The van der Waals surface area contributed by atoms with Gasteiger partial charge in [0, 0.05) is 48.6 Å². The molecular weight excluding hydrogens is 548 g/mol. The first-order valence-electron chi connectivity index (χ1n) is 15.3. The molecule has 0 amide bonds. The average molecular weight is 590 g/mol. The van der Waals surface area contributed by atoms with Gasteiger partial charge in [-0.25, -0.2) is 8.78 Å². The lowest BCUT2D eigenvalue weighted by Gasteiger charge is -2.38. The Hall–Kier alpha value is -4.35. The van der Waals surface area contributed by atoms with Gasteiger partial charge in [-0.1, -0.05) is 73.3 Å². The van der Waals surface area contributed by atoms with Crippen molar-refractivity contribution in [2.24, 2.45) is 10.9 Å². The summed E-state index contributed by atoms with van der Waals surface area (Å²) in [7, 11) is 1.71. The van der Waals surface area contributed by atoms with E-state index in [0.717, 1.165) is 60.6 Å². The quantitative estimate of drug-likeness (QED) is 0.172. The average Bonchev–Trinajstić information content (AvgIpc) is 3.03. The molecular formula is C39H41F2N3. The Labute approximate surface area is 260 Å². The van der Waals surface area contributed by atoms with E-state index in [1.165, 1.54) is 23.3 Å². The van der Waals surface area contributed by atoms with Crippen molar-refractivity contribution >= 4 is 17.5 Å². The van der Waals surface area contributed by atoms with E-state index in [4.69, 9.17) is 0 Å². The van der Waals surface area contributed by atoms with Gasteiger partial charge in [0.15, 0.2) is 0 Å². The summed E-state index contributed by atoms with van der Waals surface area (Å²) < 4.78 is 28.7. The zero-order valence-electron chi connectivity index (χ0n) is 25.9. The van der Waals surface area contributed by atoms with Gasteiger partial charge in [0.1, 0.15) is 11.6 Å². The van der Waals surface area contributed by atoms with Crippen LogP contribution in [0.1, 0.15) is 53.1 Å². The Morgan fingerprint density at radius 1 is 0.909 bits per heavy atom. The third-order valence-electron chi connectivity index (χ3n) is 8.52. The maximum atomic E-state index is 14.7. The summed E-state index contributed by atoms with van der Waals surface area (Å²) in [6.45, 7) is 12.0. The molecule has 44 heavy (non-hydrogen) atoms. The molecule has 0 atom stereocenters. The SMILES string of the molecule is C=C(C1CCN(Cc2ccc(C(=NC)c3ccccc3F)c(/C=C/C)c2)CC1)N(Cc1cccc(F)c1)c1ccccc1C. The first-order valence-corrected chi connectivity index (χ1v) is 15.3. The van der Waals surface area contributed by atoms with Gasteiger partial charge >= 0.3 is 0 Å². The molecule has 0 spiro atoms. The fraction of sp³-hybridized carbons (Fsp3) is 0.256. The van der Waals surface area contributed by atoms with Crippen molar-refractivity contribution in [3.8, 4) is 0 Å². The molecule has 1 heterocycles. The second-order valence-electron chi connectivity index (χ2n) is 11.5. The predicted octanol–water partition coefficient (Wildman–Crippen LogP) is 9.21. The molecule has 0 N–H and O–H groups in total. The summed E-state index contributed by atoms with van der Waals surface area (Å²) in [5.74, 6) is -0.156. The Kier molecular flexibility index (Phi) is 10.2. The van der Waals surface area contributed by atoms with Crippen LogP contribution in [0.25, 0.3) is 6.08 Å². The van der Waals surface area contributed by atoms with Gasteiger partial charge in [-0.05, 0) is 98.4 Å². The van der Waals surface area contributed by atoms with Crippen LogP contribution >= 0.6 is 0 Å². The lowest BCUT2D eigenvalue weighted by Crippen LogP contribution is -2.37. The van der Waals surface area contributed by atoms with E-state index >= 15 is 0 Å². The van der Waals surface area contributed by atoms with E-state index in [1.807, 2.05) is 31.2 Å². The van der Waals surface area contributed by atoms with E-state index in [1.54, 1.807) is 31.3 Å². The molecule has 0 saturated carbocycles. The first kappa shape index (κ1) is 31.1. The fourth-order valence-corrected chi connectivity index (χ4v) is 6.21. The van der Waals surface area contributed by atoms with Crippen LogP contribution in [0.5, 0.6) is 0 Å². The van der Waals surface area contributed by atoms with Crippen LogP contribution in [0.15, 0.2) is 114 Å². The number of benzene rings is 4. The topological polar surface area (TPSA) is 18.8 Å². The van der Waals surface area contributed by atoms with Crippen LogP contribution in [-0.4, -0.2) is 30.7 Å². The summed E-state index contributed by atoms with van der Waals surface area (Å²) in [6.07, 6.45) is 6.09. The maximum Gasteiger partial charge on any atom is 0.132 e. The number of halogens is 2. The molecule has 0 radical (unpaired) electrons. The highest BCUT2D eigenvalue weighted by Gasteiger charge is 2.26. The van der Waals surface area contributed by atoms with Crippen LogP contribution in [0.3, 0.4) is 0 Å². The van der Waals surface area contributed by atoms with Gasteiger partial charge in [0.25, 0.3) is 0 Å². The number of piperidine rings is 1. The largest absolute Gasteiger partial charge is 0.341 e. The maximum absolute atomic E-state index is 14.7. The summed E-state index contributed by atoms with van der Waals surface area (Å²) in [4.78, 5) is 9.24. The Morgan fingerprint density at radius 3 is 2.36 bits per heavy atom. The minimum Gasteiger partial charge on any atom is -0.341 e. The molecule has 5 rings (SSSR count). The van der Waals surface area contributed by atoms with E-state index in [0.29, 0.717) is 23.7 Å². The van der Waals surface area contributed by atoms with Crippen molar-refractivity contribution in [3.63, 3.8) is 0 Å². The van der Waals surface area contributed by atoms with E-state index in [2.05, 4.69) is 70.8 Å². The lowest BCUT2D eigenvalue weighted by atomic mass is 9.91. The summed E-state index contributed by atoms with van der Waals surface area (Å²) >= 11 is 0. The van der Waals surface area contributed by atoms with Crippen molar-refractivity contribution in [1.29, 1.82) is 0 Å². The minimum absolute atomic E-state index is 0.220. The smallest absolute Gasteiger partial charge is 0.132 e. The molecule has 4 aromatic carbocycles. The summed E-state index contributed by atoms with van der Waals surface area (Å²) in [5, 5.41) is 0. The second-order valence-corrected chi connectivity index (χ2v) is 11.5. The molecule has 1 saturated heterocycles. The number of hydrogen-bond donors (Lipinski definition) is 0. The molecule has 226 valence electrons. The fourth-order valence-electron chi connectivity index (χ4n) is 6.21. The van der Waals surface area contributed by atoms with Crippen LogP contribution < -0.4 is 4.90 Å². The standard InChI is InChI=1S/C39H41F2N3/c1-5-11-33-24-31(18-19-35(33)39(42-4)36-15-7-8-16-37(36)41)26-43-22-20-32(21-23-43)29(3)44(38-17-9-6-12-28(38)2)27-30-13-10-14-34(40)25-30/h5-19,24-25,32H,3,20-23,26-27H2,1-2,4H3/b11-5+,42-39?. The Morgan fingerprint density at radius 2 is 1.66 bits per heavy atom. The molecule has 0 unspecified atom stereocenters. The number of nitrogens with zero attached hydrogens (tertiary/aromatic N) is 3. The molecule has 0 aromatic heterocycles. The van der Waals surface area contributed by atoms with Crippen LogP contribution in [0, 0.1) is 24.5 Å². The molecule has 0 bridgehead atoms. The van der Waals surface area contributed by atoms with Crippen LogP contribution in [0.2, 0.25) is 0 Å². The number of para-hydroxylation sites is 1. The van der Waals surface area contributed by atoms with Gasteiger partial charge < -0.3 is 4.90 Å². The third kappa shape index (κ3) is 7.23. The number of likely N-dealkylation sites (tertiary alicyclic amines) is 1. The van der Waals surface area contributed by atoms with Crippen LogP contribution in [0.4, 0.5) is 14.5 Å². The summed E-state index contributed by atoms with van der Waals surface area (Å²) in [5.41, 5.74) is 8.64. The summed E-state index contributed by atoms with van der Waals surface area (Å²) in [6, 6.07) is 28.4. The second kappa shape index (κ2) is 14.4. The molecule has 5 heteroatoms. The molecule has 4 aromatic rings. The number of allylic oxidation sites excluding steroid dienone is 2. The number of aliphatic imine (C=N–C) groups is 1. The van der Waals surface area contributed by atoms with Gasteiger partial charge in [-0.15, -0.1) is 0 Å². The first-order chi connectivity index (χ1) is 21.4. The van der Waals surface area contributed by atoms with Gasteiger partial charge in [-0.2, -0.15) is 0 Å². The molecule has 0 aliphatic carbocycles. The lowest BCUT2D eigenvalue weighted by molar-refractivity contribution is 0.190. The molecule has 1 aliphatic heterocycles. The van der Waals surface area contributed by atoms with Crippen molar-refractivity contribution in [2.75, 3.05) is 25.0 Å². The van der Waals surface area contributed by atoms with Crippen molar-refractivity contribution < 1.29 is 8.78 Å². The number of aryl methyl sites for hydroxylation is 1. The molecule has 3 nitrogen and oxygen atoms in total. The highest BCUT2D eigenvalue weighted by molar-refractivity contribution is 6.14. The van der Waals surface area contributed by atoms with Gasteiger partial charge in [0.05, 0.1) is 5.71 Å². The highest BCUT2D eigenvalue weighted by atomic mass is 19.1. The predicted molar refractivity (Wildman–Crippen MR) is 180 cm³/mol. The van der Waals surface area contributed by atoms with Gasteiger partial charge in [-0.3, -0.25) is 9.89 Å². The third-order valence-corrected chi connectivity index (χ3v) is 8.52.